The van der Waals surface area contributed by atoms with Gasteiger partial charge in [-0.1, -0.05) is 12.2 Å². The molecule has 0 radical (unpaired) electrons. The standard InChI is InChI=1S/C12H13NO/c14-9-11-7-4-8-13-12(11)10-5-2-1-3-6-10/h2,4-5,7-10H,1,3,6H2. The molecule has 0 fully saturated rings. The zero-order valence-corrected chi connectivity index (χ0v) is 8.02. The Morgan fingerprint density at radius 2 is 2.43 bits per heavy atom. The largest absolute Gasteiger partial charge is 0.298 e. The highest BCUT2D eigenvalue weighted by Gasteiger charge is 2.15. The molecule has 1 aromatic heterocycles. The van der Waals surface area contributed by atoms with Crippen molar-refractivity contribution in [2.24, 2.45) is 0 Å². The van der Waals surface area contributed by atoms with Crippen LogP contribution < -0.4 is 0 Å². The van der Waals surface area contributed by atoms with Gasteiger partial charge >= 0.3 is 0 Å². The summed E-state index contributed by atoms with van der Waals surface area (Å²) in [5.74, 6) is 0.338. The Morgan fingerprint density at radius 1 is 1.50 bits per heavy atom. The fourth-order valence-corrected chi connectivity index (χ4v) is 1.88. The molecule has 1 aromatic rings. The number of pyridine rings is 1. The predicted molar refractivity (Wildman–Crippen MR) is 55.4 cm³/mol. The molecule has 0 saturated carbocycles. The molecule has 1 atom stereocenters. The van der Waals surface area contributed by atoms with Crippen LogP contribution >= 0.6 is 0 Å². The summed E-state index contributed by atoms with van der Waals surface area (Å²) >= 11 is 0. The third-order valence-electron chi connectivity index (χ3n) is 2.60. The van der Waals surface area contributed by atoms with Crippen LogP contribution in [0.25, 0.3) is 0 Å². The number of carbonyl (C=O) groups excluding carboxylic acids is 1. The van der Waals surface area contributed by atoms with Gasteiger partial charge in [0.1, 0.15) is 0 Å². The molecule has 2 heteroatoms. The normalized spacial score (nSPS) is 20.7. The number of aromatic nitrogens is 1. The van der Waals surface area contributed by atoms with Gasteiger partial charge < -0.3 is 0 Å². The summed E-state index contributed by atoms with van der Waals surface area (Å²) in [6, 6.07) is 3.64. The van der Waals surface area contributed by atoms with E-state index < -0.39 is 0 Å². The van der Waals surface area contributed by atoms with Crippen LogP contribution in [0.5, 0.6) is 0 Å². The Balaban J connectivity index is 2.34. The van der Waals surface area contributed by atoms with E-state index >= 15 is 0 Å². The first-order valence-corrected chi connectivity index (χ1v) is 4.98. The molecule has 0 bridgehead atoms. The van der Waals surface area contributed by atoms with Crippen LogP contribution in [-0.4, -0.2) is 11.3 Å². The Bertz CT molecular complexity index is 357. The molecule has 2 rings (SSSR count). The van der Waals surface area contributed by atoms with Crippen LogP contribution in [0.4, 0.5) is 0 Å². The molecular formula is C12H13NO. The molecule has 0 spiro atoms. The molecule has 1 aliphatic carbocycles. The summed E-state index contributed by atoms with van der Waals surface area (Å²) in [7, 11) is 0. The van der Waals surface area contributed by atoms with Crippen molar-refractivity contribution in [2.75, 3.05) is 0 Å². The SMILES string of the molecule is O=Cc1cccnc1C1C=CCCC1. The summed E-state index contributed by atoms with van der Waals surface area (Å²) in [6.07, 6.45) is 10.4. The third kappa shape index (κ3) is 1.74. The first-order valence-electron chi connectivity index (χ1n) is 4.98. The van der Waals surface area contributed by atoms with E-state index in [1.54, 1.807) is 12.3 Å². The summed E-state index contributed by atoms with van der Waals surface area (Å²) in [5.41, 5.74) is 1.66. The smallest absolute Gasteiger partial charge is 0.151 e. The number of hydrogen-bond acceptors (Lipinski definition) is 2. The molecule has 0 amide bonds. The van der Waals surface area contributed by atoms with Crippen molar-refractivity contribution >= 4 is 6.29 Å². The molecule has 0 aliphatic heterocycles. The van der Waals surface area contributed by atoms with Crippen LogP contribution in [0.2, 0.25) is 0 Å². The topological polar surface area (TPSA) is 30.0 Å². The Morgan fingerprint density at radius 3 is 3.14 bits per heavy atom. The van der Waals surface area contributed by atoms with E-state index in [9.17, 15) is 4.79 Å². The predicted octanol–water partition coefficient (Wildman–Crippen LogP) is 2.72. The minimum Gasteiger partial charge on any atom is -0.298 e. The molecule has 14 heavy (non-hydrogen) atoms. The maximum Gasteiger partial charge on any atom is 0.151 e. The van der Waals surface area contributed by atoms with Crippen molar-refractivity contribution < 1.29 is 4.79 Å². The van der Waals surface area contributed by atoms with Crippen LogP contribution in [0.15, 0.2) is 30.5 Å². The molecule has 72 valence electrons. The first kappa shape index (κ1) is 9.13. The highest BCUT2D eigenvalue weighted by molar-refractivity contribution is 5.76. The van der Waals surface area contributed by atoms with Crippen LogP contribution in [0.1, 0.15) is 41.2 Å². The van der Waals surface area contributed by atoms with Gasteiger partial charge in [0.25, 0.3) is 0 Å². The number of rotatable bonds is 2. The zero-order chi connectivity index (χ0) is 9.80. The van der Waals surface area contributed by atoms with Crippen molar-refractivity contribution in [2.45, 2.75) is 25.2 Å². The minimum absolute atomic E-state index is 0.338. The number of allylic oxidation sites excluding steroid dienone is 2. The fourth-order valence-electron chi connectivity index (χ4n) is 1.88. The summed E-state index contributed by atoms with van der Waals surface area (Å²) in [5, 5.41) is 0. The number of aldehydes is 1. The fraction of sp³-hybridized carbons (Fsp3) is 0.333. The van der Waals surface area contributed by atoms with Crippen molar-refractivity contribution in [3.05, 3.63) is 41.7 Å². The molecule has 1 heterocycles. The van der Waals surface area contributed by atoms with Gasteiger partial charge in [-0.05, 0) is 31.4 Å². The highest BCUT2D eigenvalue weighted by atomic mass is 16.1. The molecular weight excluding hydrogens is 174 g/mol. The van der Waals surface area contributed by atoms with Crippen molar-refractivity contribution in [3.63, 3.8) is 0 Å². The van der Waals surface area contributed by atoms with Gasteiger partial charge in [-0.2, -0.15) is 0 Å². The summed E-state index contributed by atoms with van der Waals surface area (Å²) in [6.45, 7) is 0. The Labute approximate surface area is 83.7 Å². The van der Waals surface area contributed by atoms with Crippen LogP contribution in [0.3, 0.4) is 0 Å². The van der Waals surface area contributed by atoms with Gasteiger partial charge in [0.2, 0.25) is 0 Å². The lowest BCUT2D eigenvalue weighted by atomic mass is 9.90. The molecule has 0 N–H and O–H groups in total. The van der Waals surface area contributed by atoms with Crippen LogP contribution in [-0.2, 0) is 0 Å². The van der Waals surface area contributed by atoms with E-state index in [1.165, 1.54) is 6.42 Å². The van der Waals surface area contributed by atoms with E-state index in [0.29, 0.717) is 5.92 Å². The molecule has 0 saturated heterocycles. The lowest BCUT2D eigenvalue weighted by Gasteiger charge is -2.16. The van der Waals surface area contributed by atoms with Gasteiger partial charge in [0.05, 0.1) is 5.69 Å². The van der Waals surface area contributed by atoms with Crippen molar-refractivity contribution in [1.29, 1.82) is 0 Å². The summed E-state index contributed by atoms with van der Waals surface area (Å²) < 4.78 is 0. The second kappa shape index (κ2) is 4.18. The van der Waals surface area contributed by atoms with E-state index in [-0.39, 0.29) is 0 Å². The third-order valence-corrected chi connectivity index (χ3v) is 2.60. The zero-order valence-electron chi connectivity index (χ0n) is 8.02. The van der Waals surface area contributed by atoms with E-state index in [2.05, 4.69) is 17.1 Å². The van der Waals surface area contributed by atoms with Gasteiger partial charge in [-0.3, -0.25) is 9.78 Å². The molecule has 1 aliphatic rings. The maximum atomic E-state index is 10.8. The van der Waals surface area contributed by atoms with E-state index in [4.69, 9.17) is 0 Å². The van der Waals surface area contributed by atoms with Gasteiger partial charge in [0.15, 0.2) is 6.29 Å². The second-order valence-electron chi connectivity index (χ2n) is 3.56. The van der Waals surface area contributed by atoms with Gasteiger partial charge in [-0.25, -0.2) is 0 Å². The van der Waals surface area contributed by atoms with Gasteiger partial charge in [-0.15, -0.1) is 0 Å². The molecule has 1 unspecified atom stereocenters. The Kier molecular flexibility index (Phi) is 2.73. The van der Waals surface area contributed by atoms with E-state index in [0.717, 1.165) is 30.4 Å². The minimum atomic E-state index is 0.338. The monoisotopic (exact) mass is 187 g/mol. The second-order valence-corrected chi connectivity index (χ2v) is 3.56. The Hall–Kier alpha value is -1.44. The van der Waals surface area contributed by atoms with Gasteiger partial charge in [0, 0.05) is 17.7 Å². The van der Waals surface area contributed by atoms with Crippen LogP contribution in [0, 0.1) is 0 Å². The van der Waals surface area contributed by atoms with E-state index in [1.807, 2.05) is 6.07 Å². The molecule has 2 nitrogen and oxygen atoms in total. The van der Waals surface area contributed by atoms with Crippen molar-refractivity contribution in [1.82, 2.24) is 4.98 Å². The van der Waals surface area contributed by atoms with Crippen molar-refractivity contribution in [3.8, 4) is 0 Å². The first-order chi connectivity index (χ1) is 6.92. The maximum absolute atomic E-state index is 10.8. The number of carbonyl (C=O) groups is 1. The number of hydrogen-bond donors (Lipinski definition) is 0. The summed E-state index contributed by atoms with van der Waals surface area (Å²) in [4.78, 5) is 15.1. The quantitative estimate of drug-likeness (QED) is 0.526. The molecule has 0 aromatic carbocycles. The average molecular weight is 187 g/mol. The average Bonchev–Trinajstić information content (AvgIpc) is 2.30. The number of nitrogens with zero attached hydrogens (tertiary/aromatic N) is 1. The lowest BCUT2D eigenvalue weighted by Crippen LogP contribution is -2.05. The lowest BCUT2D eigenvalue weighted by molar-refractivity contribution is 0.112. The highest BCUT2D eigenvalue weighted by Crippen LogP contribution is 2.27.